The van der Waals surface area contributed by atoms with Crippen LogP contribution in [0.25, 0.3) is 0 Å². The normalized spacial score (nSPS) is 11.2. The second-order valence-electron chi connectivity index (χ2n) is 3.37. The largest absolute Gasteiger partial charge is 0.416 e. The van der Waals surface area contributed by atoms with Crippen molar-refractivity contribution in [2.24, 2.45) is 0 Å². The van der Waals surface area contributed by atoms with Gasteiger partial charge in [0, 0.05) is 6.42 Å². The van der Waals surface area contributed by atoms with E-state index in [1.807, 2.05) is 0 Å². The van der Waals surface area contributed by atoms with Crippen molar-refractivity contribution in [3.8, 4) is 0 Å². The molecule has 0 unspecified atom stereocenters. The monoisotopic (exact) mass is 228 g/mol. The topological polar surface area (TPSA) is 17.1 Å². The maximum Gasteiger partial charge on any atom is 0.416 e. The molecule has 0 spiro atoms. The van der Waals surface area contributed by atoms with Crippen LogP contribution in [0.3, 0.4) is 0 Å². The lowest BCUT2D eigenvalue weighted by Crippen LogP contribution is -2.04. The molecular weight excluding hydrogens is 217 g/mol. The fourth-order valence-corrected chi connectivity index (χ4v) is 1.23. The Bertz CT molecular complexity index is 376. The first kappa shape index (κ1) is 12.5. The maximum atomic E-state index is 12.2. The van der Waals surface area contributed by atoms with E-state index in [2.05, 4.69) is 6.58 Å². The molecule has 0 N–H and O–H groups in total. The fourth-order valence-electron chi connectivity index (χ4n) is 1.23. The minimum absolute atomic E-state index is 0.111. The highest BCUT2D eigenvalue weighted by Gasteiger charge is 2.29. The van der Waals surface area contributed by atoms with E-state index in [4.69, 9.17) is 0 Å². The molecule has 4 heteroatoms. The van der Waals surface area contributed by atoms with Crippen LogP contribution >= 0.6 is 0 Å². The summed E-state index contributed by atoms with van der Waals surface area (Å²) in [7, 11) is 0. The predicted octanol–water partition coefficient (Wildman–Crippen LogP) is 3.39. The molecule has 0 aliphatic heterocycles. The third kappa shape index (κ3) is 3.53. The molecular formula is C12H11F3O. The maximum absolute atomic E-state index is 12.2. The van der Waals surface area contributed by atoms with E-state index in [1.54, 1.807) is 0 Å². The summed E-state index contributed by atoms with van der Waals surface area (Å²) in [6.07, 6.45) is -2.39. The number of hydrogen-bond acceptors (Lipinski definition) is 1. The minimum Gasteiger partial charge on any atom is -0.295 e. The molecule has 1 aromatic rings. The van der Waals surface area contributed by atoms with Crippen molar-refractivity contribution >= 4 is 5.78 Å². The number of benzene rings is 1. The molecule has 0 aromatic heterocycles. The van der Waals surface area contributed by atoms with Crippen LogP contribution in [0.5, 0.6) is 0 Å². The third-order valence-electron chi connectivity index (χ3n) is 2.17. The van der Waals surface area contributed by atoms with Crippen LogP contribution in [0.4, 0.5) is 13.2 Å². The van der Waals surface area contributed by atoms with Crippen molar-refractivity contribution in [2.75, 3.05) is 0 Å². The van der Waals surface area contributed by atoms with Crippen LogP contribution in [0.15, 0.2) is 36.9 Å². The number of hydrogen-bond donors (Lipinski definition) is 0. The number of alkyl halides is 3. The van der Waals surface area contributed by atoms with E-state index in [9.17, 15) is 18.0 Å². The molecule has 1 aromatic carbocycles. The molecule has 1 nitrogen and oxygen atoms in total. The molecule has 86 valence electrons. The molecule has 0 aliphatic rings. The summed E-state index contributed by atoms with van der Waals surface area (Å²) in [5.74, 6) is -0.111. The van der Waals surface area contributed by atoms with Crippen LogP contribution in [0.1, 0.15) is 17.5 Å². The Kier molecular flexibility index (Phi) is 3.88. The summed E-state index contributed by atoms with van der Waals surface area (Å²) in [4.78, 5) is 10.9. The minimum atomic E-state index is -4.31. The number of halogens is 3. The van der Waals surface area contributed by atoms with Gasteiger partial charge in [-0.25, -0.2) is 0 Å². The van der Waals surface area contributed by atoms with Crippen molar-refractivity contribution in [2.45, 2.75) is 19.0 Å². The van der Waals surface area contributed by atoms with Gasteiger partial charge in [-0.15, -0.1) is 0 Å². The molecule has 16 heavy (non-hydrogen) atoms. The van der Waals surface area contributed by atoms with Crippen molar-refractivity contribution in [3.05, 3.63) is 48.0 Å². The van der Waals surface area contributed by atoms with E-state index >= 15 is 0 Å². The van der Waals surface area contributed by atoms with Crippen LogP contribution in [-0.2, 0) is 17.4 Å². The number of ketones is 1. The second-order valence-corrected chi connectivity index (χ2v) is 3.37. The molecule has 0 radical (unpaired) electrons. The smallest absolute Gasteiger partial charge is 0.295 e. The molecule has 0 bridgehead atoms. The molecule has 0 atom stereocenters. The average Bonchev–Trinajstić information content (AvgIpc) is 2.25. The summed E-state index contributed by atoms with van der Waals surface area (Å²) in [6.45, 7) is 3.32. The summed E-state index contributed by atoms with van der Waals surface area (Å²) >= 11 is 0. The van der Waals surface area contributed by atoms with Gasteiger partial charge in [-0.1, -0.05) is 18.7 Å². The number of allylic oxidation sites excluding steroid dienone is 1. The molecule has 0 saturated carbocycles. The summed E-state index contributed by atoms with van der Waals surface area (Å²) in [5.41, 5.74) is 0.0366. The van der Waals surface area contributed by atoms with E-state index in [0.717, 1.165) is 12.1 Å². The predicted molar refractivity (Wildman–Crippen MR) is 55.0 cm³/mol. The van der Waals surface area contributed by atoms with Gasteiger partial charge >= 0.3 is 6.18 Å². The summed E-state index contributed by atoms with van der Waals surface area (Å²) in [5, 5.41) is 0. The number of aryl methyl sites for hydroxylation is 1. The standard InChI is InChI=1S/C12H11F3O/c1-2-11(16)8-5-9-3-6-10(7-4-9)12(13,14)15/h2-4,6-7H,1,5,8H2. The highest BCUT2D eigenvalue weighted by molar-refractivity contribution is 5.89. The zero-order chi connectivity index (χ0) is 12.2. The van der Waals surface area contributed by atoms with Crippen molar-refractivity contribution in [3.63, 3.8) is 0 Å². The SMILES string of the molecule is C=CC(=O)CCc1ccc(C(F)(F)F)cc1. The van der Waals surface area contributed by atoms with Crippen LogP contribution < -0.4 is 0 Å². The Labute approximate surface area is 91.6 Å². The quantitative estimate of drug-likeness (QED) is 0.722. The molecule has 0 fully saturated rings. The Morgan fingerprint density at radius 2 is 1.81 bits per heavy atom. The van der Waals surface area contributed by atoms with Gasteiger partial charge in [0.25, 0.3) is 0 Å². The Morgan fingerprint density at radius 3 is 2.25 bits per heavy atom. The van der Waals surface area contributed by atoms with Gasteiger partial charge in [-0.2, -0.15) is 13.2 Å². The van der Waals surface area contributed by atoms with E-state index in [0.29, 0.717) is 12.0 Å². The van der Waals surface area contributed by atoms with Gasteiger partial charge in [0.1, 0.15) is 0 Å². The number of rotatable bonds is 4. The Balaban J connectivity index is 2.65. The van der Waals surface area contributed by atoms with Crippen LogP contribution in [0.2, 0.25) is 0 Å². The first-order valence-corrected chi connectivity index (χ1v) is 4.75. The van der Waals surface area contributed by atoms with Crippen LogP contribution in [0, 0.1) is 0 Å². The second kappa shape index (κ2) is 4.96. The lowest BCUT2D eigenvalue weighted by Gasteiger charge is -2.07. The highest BCUT2D eigenvalue weighted by Crippen LogP contribution is 2.29. The van der Waals surface area contributed by atoms with E-state index < -0.39 is 11.7 Å². The average molecular weight is 228 g/mol. The van der Waals surface area contributed by atoms with Crippen molar-refractivity contribution in [1.82, 2.24) is 0 Å². The van der Waals surface area contributed by atoms with Gasteiger partial charge in [0.05, 0.1) is 5.56 Å². The summed E-state index contributed by atoms with van der Waals surface area (Å²) < 4.78 is 36.7. The summed E-state index contributed by atoms with van der Waals surface area (Å²) in [6, 6.07) is 4.82. The van der Waals surface area contributed by atoms with E-state index in [-0.39, 0.29) is 12.2 Å². The van der Waals surface area contributed by atoms with Gasteiger partial charge in [0.15, 0.2) is 5.78 Å². The zero-order valence-electron chi connectivity index (χ0n) is 8.55. The zero-order valence-corrected chi connectivity index (χ0v) is 8.55. The van der Waals surface area contributed by atoms with Crippen molar-refractivity contribution < 1.29 is 18.0 Å². The lowest BCUT2D eigenvalue weighted by molar-refractivity contribution is -0.137. The first-order valence-electron chi connectivity index (χ1n) is 4.75. The van der Waals surface area contributed by atoms with Gasteiger partial charge in [0.2, 0.25) is 0 Å². The van der Waals surface area contributed by atoms with Gasteiger partial charge < -0.3 is 0 Å². The van der Waals surface area contributed by atoms with Crippen molar-refractivity contribution in [1.29, 1.82) is 0 Å². The van der Waals surface area contributed by atoms with E-state index in [1.165, 1.54) is 18.2 Å². The first-order chi connectivity index (χ1) is 7.43. The van der Waals surface area contributed by atoms with Gasteiger partial charge in [-0.3, -0.25) is 4.79 Å². The lowest BCUT2D eigenvalue weighted by atomic mass is 10.1. The fraction of sp³-hybridized carbons (Fsp3) is 0.250. The Morgan fingerprint density at radius 1 is 1.25 bits per heavy atom. The number of carbonyl (C=O) groups excluding carboxylic acids is 1. The van der Waals surface area contributed by atoms with Gasteiger partial charge in [-0.05, 0) is 30.2 Å². The van der Waals surface area contributed by atoms with Crippen LogP contribution in [-0.4, -0.2) is 5.78 Å². The Hall–Kier alpha value is -1.58. The molecule has 1 rings (SSSR count). The molecule has 0 amide bonds. The molecule has 0 saturated heterocycles. The number of carbonyl (C=O) groups is 1. The third-order valence-corrected chi connectivity index (χ3v) is 2.17. The highest BCUT2D eigenvalue weighted by atomic mass is 19.4. The molecule has 0 heterocycles. The molecule has 0 aliphatic carbocycles.